The maximum Gasteiger partial charge on any atom is 0.185 e. The van der Waals surface area contributed by atoms with Crippen LogP contribution in [0.15, 0.2) is 78.9 Å². The van der Waals surface area contributed by atoms with Crippen molar-refractivity contribution in [3.63, 3.8) is 0 Å². The Kier molecular flexibility index (Phi) is 4.07. The van der Waals surface area contributed by atoms with Crippen LogP contribution in [0.4, 0.5) is 28.4 Å². The van der Waals surface area contributed by atoms with Crippen LogP contribution in [0, 0.1) is 0 Å². The lowest BCUT2D eigenvalue weighted by Crippen LogP contribution is -2.72. The van der Waals surface area contributed by atoms with E-state index in [1.165, 1.54) is 0 Å². The van der Waals surface area contributed by atoms with Crippen LogP contribution in [0.5, 0.6) is 0 Å². The molecular formula is C18H17N3+3. The number of anilines is 5. The fraction of sp³-hybridized carbons (Fsp3) is 0. The molecular weight excluding hydrogens is 258 g/mol. The average Bonchev–Trinajstić information content (AvgIpc) is 2.53. The Hall–Kier alpha value is -2.46. The summed E-state index contributed by atoms with van der Waals surface area (Å²) in [6.45, 7) is 0. The molecule has 0 aliphatic heterocycles. The van der Waals surface area contributed by atoms with Crippen LogP contribution >= 0.6 is 0 Å². The minimum atomic E-state index is 0.767. The van der Waals surface area contributed by atoms with Gasteiger partial charge in [-0.1, -0.05) is 18.2 Å². The molecule has 21 heavy (non-hydrogen) atoms. The number of nitrogen functional groups attached to an aromatic ring is 1. The van der Waals surface area contributed by atoms with Crippen LogP contribution in [0.3, 0.4) is 0 Å². The Labute approximate surface area is 124 Å². The smallest absolute Gasteiger partial charge is 0.160 e. The number of nitrogens with one attached hydrogen (secondary N) is 2. The second-order valence-corrected chi connectivity index (χ2v) is 4.82. The maximum atomic E-state index is 5.68. The summed E-state index contributed by atoms with van der Waals surface area (Å²) in [4.78, 5) is 0. The Morgan fingerprint density at radius 2 is 0.857 bits per heavy atom. The molecule has 3 aromatic rings. The highest BCUT2D eigenvalue weighted by Crippen LogP contribution is 2.10. The molecule has 0 amide bonds. The molecule has 0 bridgehead atoms. The SMILES string of the molecule is [NH2+]c1ccc([NH+]c2ccc([NH+]c3ccccc3)cc2)cc1. The summed E-state index contributed by atoms with van der Waals surface area (Å²) in [5.74, 6) is 0. The summed E-state index contributed by atoms with van der Waals surface area (Å²) in [7, 11) is 0. The fourth-order valence-corrected chi connectivity index (χ4v) is 2.06. The van der Waals surface area contributed by atoms with Gasteiger partial charge in [-0.2, -0.15) is 5.73 Å². The van der Waals surface area contributed by atoms with Gasteiger partial charge in [0.05, 0.1) is 0 Å². The standard InChI is InChI=1S/C18H17N3/c19-14-6-8-16(9-7-14)21-18-12-10-17(11-13-18)20-15-4-2-1-3-5-15/h1-13,20-21H,19H2/q+3. The Balaban J connectivity index is 1.68. The van der Waals surface area contributed by atoms with Gasteiger partial charge in [0.25, 0.3) is 0 Å². The summed E-state index contributed by atoms with van der Waals surface area (Å²) in [6.07, 6.45) is 0. The topological polar surface area (TPSA) is 56.5 Å². The predicted molar refractivity (Wildman–Crippen MR) is 81.5 cm³/mol. The van der Waals surface area contributed by atoms with E-state index in [0.717, 1.165) is 28.4 Å². The zero-order valence-corrected chi connectivity index (χ0v) is 11.6. The van der Waals surface area contributed by atoms with Gasteiger partial charge in [-0.15, -0.1) is 10.6 Å². The molecule has 3 rings (SSSR count). The van der Waals surface area contributed by atoms with Gasteiger partial charge in [0.2, 0.25) is 0 Å². The first-order valence-electron chi connectivity index (χ1n) is 6.84. The number of hydrogen-bond acceptors (Lipinski definition) is 3. The van der Waals surface area contributed by atoms with E-state index in [0.29, 0.717) is 0 Å². The van der Waals surface area contributed by atoms with Crippen molar-refractivity contribution < 1.29 is 16.4 Å². The van der Waals surface area contributed by atoms with E-state index in [2.05, 4.69) is 10.6 Å². The highest BCUT2D eigenvalue weighted by molar-refractivity contribution is 5.45. The Morgan fingerprint density at radius 1 is 0.476 bits per heavy atom. The lowest BCUT2D eigenvalue weighted by Gasteiger charge is -1.96. The fourth-order valence-electron chi connectivity index (χ4n) is 2.06. The van der Waals surface area contributed by atoms with Crippen molar-refractivity contribution in [1.82, 2.24) is 0 Å². The minimum Gasteiger partial charge on any atom is -0.160 e. The Morgan fingerprint density at radius 3 is 1.33 bits per heavy atom. The van der Waals surface area contributed by atoms with E-state index in [1.807, 2.05) is 78.9 Å². The molecule has 0 aliphatic carbocycles. The number of hydrogen-bond donors (Lipinski definition) is 3. The highest BCUT2D eigenvalue weighted by Gasteiger charge is 2.09. The molecule has 0 heterocycles. The molecule has 0 spiro atoms. The minimum absolute atomic E-state index is 0.767. The monoisotopic (exact) mass is 275 g/mol. The van der Waals surface area contributed by atoms with E-state index in [1.54, 1.807) is 0 Å². The van der Waals surface area contributed by atoms with Crippen molar-refractivity contribution in [3.05, 3.63) is 78.9 Å². The number of rotatable bonds is 4. The van der Waals surface area contributed by atoms with Gasteiger partial charge in [-0.3, -0.25) is 0 Å². The third kappa shape index (κ3) is 3.77. The first kappa shape index (κ1) is 13.5. The van der Waals surface area contributed by atoms with Crippen molar-refractivity contribution in [3.8, 4) is 0 Å². The zero-order valence-electron chi connectivity index (χ0n) is 11.6. The largest absolute Gasteiger partial charge is 0.185 e. The summed E-state index contributed by atoms with van der Waals surface area (Å²) in [5, 5.41) is 6.70. The molecule has 0 saturated heterocycles. The molecule has 4 N–H and O–H groups in total. The van der Waals surface area contributed by atoms with E-state index in [4.69, 9.17) is 5.73 Å². The Bertz CT molecular complexity index is 689. The van der Waals surface area contributed by atoms with E-state index in [-0.39, 0.29) is 0 Å². The molecule has 0 unspecified atom stereocenters. The molecule has 3 aromatic carbocycles. The third-order valence-electron chi connectivity index (χ3n) is 3.15. The van der Waals surface area contributed by atoms with Crippen LogP contribution in [0.25, 0.3) is 0 Å². The molecule has 0 aromatic heterocycles. The van der Waals surface area contributed by atoms with Crippen molar-refractivity contribution >= 4 is 28.4 Å². The predicted octanol–water partition coefficient (Wildman–Crippen LogP) is 0.971. The lowest BCUT2D eigenvalue weighted by molar-refractivity contribution is -0.483. The molecule has 0 saturated carbocycles. The van der Waals surface area contributed by atoms with E-state index in [9.17, 15) is 0 Å². The van der Waals surface area contributed by atoms with Gasteiger partial charge >= 0.3 is 0 Å². The van der Waals surface area contributed by atoms with Crippen molar-refractivity contribution in [2.75, 3.05) is 0 Å². The first-order chi connectivity index (χ1) is 10.3. The summed E-state index contributed by atoms with van der Waals surface area (Å²) < 4.78 is 0. The normalized spacial score (nSPS) is 10.5. The number of benzene rings is 3. The van der Waals surface area contributed by atoms with Gasteiger partial charge in [-0.25, -0.2) is 0 Å². The number of nitrogens with two attached hydrogens (primary N) is 1. The second-order valence-electron chi connectivity index (χ2n) is 4.82. The molecule has 0 aliphatic rings. The maximum absolute atomic E-state index is 5.68. The summed E-state index contributed by atoms with van der Waals surface area (Å²) in [6, 6.07) is 26.0. The first-order valence-corrected chi connectivity index (χ1v) is 6.84. The highest BCUT2D eigenvalue weighted by atomic mass is 14.9. The van der Waals surface area contributed by atoms with Crippen LogP contribution in [0.2, 0.25) is 0 Å². The molecule has 0 fully saturated rings. The average molecular weight is 275 g/mol. The molecule has 0 atom stereocenters. The summed E-state index contributed by atoms with van der Waals surface area (Å²) in [5.41, 5.74) is 10.6. The summed E-state index contributed by atoms with van der Waals surface area (Å²) >= 11 is 0. The molecule has 3 heteroatoms. The number of para-hydroxylation sites is 1. The van der Waals surface area contributed by atoms with Crippen LogP contribution in [-0.2, 0) is 0 Å². The third-order valence-corrected chi connectivity index (χ3v) is 3.15. The zero-order chi connectivity index (χ0) is 14.5. The van der Waals surface area contributed by atoms with Crippen LogP contribution in [0.1, 0.15) is 0 Å². The van der Waals surface area contributed by atoms with Gasteiger partial charge < -0.3 is 0 Å². The molecule has 3 nitrogen and oxygen atoms in total. The van der Waals surface area contributed by atoms with Gasteiger partial charge in [0.1, 0.15) is 0 Å². The van der Waals surface area contributed by atoms with Crippen LogP contribution < -0.4 is 16.4 Å². The van der Waals surface area contributed by atoms with Gasteiger partial charge in [-0.05, 0) is 0 Å². The van der Waals surface area contributed by atoms with E-state index >= 15 is 0 Å². The van der Waals surface area contributed by atoms with Crippen molar-refractivity contribution in [1.29, 1.82) is 0 Å². The second kappa shape index (κ2) is 6.33. The van der Waals surface area contributed by atoms with Crippen molar-refractivity contribution in [2.24, 2.45) is 0 Å². The quantitative estimate of drug-likeness (QED) is 0.594. The van der Waals surface area contributed by atoms with Crippen molar-refractivity contribution in [2.45, 2.75) is 0 Å². The molecule has 101 valence electrons. The van der Waals surface area contributed by atoms with E-state index < -0.39 is 0 Å². The molecule has 3 radical (unpaired) electrons. The van der Waals surface area contributed by atoms with Gasteiger partial charge in [0, 0.05) is 60.7 Å². The lowest BCUT2D eigenvalue weighted by atomic mass is 10.2. The van der Waals surface area contributed by atoms with Crippen LogP contribution in [-0.4, -0.2) is 0 Å². The van der Waals surface area contributed by atoms with Gasteiger partial charge in [0.15, 0.2) is 28.4 Å².